The van der Waals surface area contributed by atoms with E-state index in [9.17, 15) is 14.4 Å². The summed E-state index contributed by atoms with van der Waals surface area (Å²) in [5.41, 5.74) is 4.13. The van der Waals surface area contributed by atoms with Gasteiger partial charge in [-0.15, -0.1) is 0 Å². The van der Waals surface area contributed by atoms with Gasteiger partial charge in [-0.05, 0) is 56.9 Å². The largest absolute Gasteiger partial charge is 0.465 e. The van der Waals surface area contributed by atoms with Crippen molar-refractivity contribution >= 4 is 40.4 Å². The number of nitrogens with one attached hydrogen (secondary N) is 2. The van der Waals surface area contributed by atoms with Crippen molar-refractivity contribution in [3.8, 4) is 0 Å². The fraction of sp³-hybridized carbons (Fsp3) is 0.292. The van der Waals surface area contributed by atoms with Crippen molar-refractivity contribution in [2.75, 3.05) is 56.9 Å². The van der Waals surface area contributed by atoms with Gasteiger partial charge in [0, 0.05) is 41.8 Å². The number of anilines is 3. The first-order valence-corrected chi connectivity index (χ1v) is 10.3. The van der Waals surface area contributed by atoms with Crippen molar-refractivity contribution in [3.05, 3.63) is 59.7 Å². The van der Waals surface area contributed by atoms with E-state index in [1.165, 1.54) is 7.11 Å². The number of likely N-dealkylation sites (N-methyl/N-ethyl adjacent to an activating group) is 2. The molecule has 3 rings (SSSR count). The zero-order chi connectivity index (χ0) is 23.3. The maximum Gasteiger partial charge on any atom is 0.337 e. The van der Waals surface area contributed by atoms with Crippen LogP contribution in [0.4, 0.5) is 17.1 Å². The van der Waals surface area contributed by atoms with E-state index in [4.69, 9.17) is 4.74 Å². The van der Waals surface area contributed by atoms with Crippen LogP contribution in [-0.4, -0.2) is 64.0 Å². The number of carbonyl (C=O) groups excluding carboxylic acids is 3. The molecule has 0 aliphatic carbocycles. The van der Waals surface area contributed by atoms with Crippen LogP contribution >= 0.6 is 0 Å². The molecule has 0 aromatic heterocycles. The van der Waals surface area contributed by atoms with Gasteiger partial charge < -0.3 is 25.2 Å². The van der Waals surface area contributed by atoms with Crippen molar-refractivity contribution < 1.29 is 19.1 Å². The molecule has 1 aliphatic heterocycles. The number of esters is 1. The van der Waals surface area contributed by atoms with E-state index >= 15 is 0 Å². The third-order valence-electron chi connectivity index (χ3n) is 5.13. The topological polar surface area (TPSA) is 91.0 Å². The molecule has 0 saturated heterocycles. The molecule has 32 heavy (non-hydrogen) atoms. The summed E-state index contributed by atoms with van der Waals surface area (Å²) in [7, 11) is 6.81. The Hall–Kier alpha value is -3.65. The van der Waals surface area contributed by atoms with Gasteiger partial charge in [-0.1, -0.05) is 12.1 Å². The molecule has 2 amide bonds. The molecule has 1 aliphatic rings. The van der Waals surface area contributed by atoms with E-state index in [0.717, 1.165) is 16.9 Å². The fourth-order valence-corrected chi connectivity index (χ4v) is 3.40. The Bertz CT molecular complexity index is 1040. The standard InChI is InChI=1S/C24H28N4O4/c1-27(2)15-22(29)28(3)18-10-8-17(9-11-18)25-13-5-6-20-19-12-7-16(24(31)32-4)14-21(19)26-23(20)30/h6-12,14,25H,5,13,15H2,1-4H3,(H,26,30)/b20-6-. The van der Waals surface area contributed by atoms with Gasteiger partial charge in [0.25, 0.3) is 5.91 Å². The van der Waals surface area contributed by atoms with E-state index in [-0.39, 0.29) is 11.8 Å². The van der Waals surface area contributed by atoms with Crippen molar-refractivity contribution in [2.45, 2.75) is 6.42 Å². The molecule has 0 unspecified atom stereocenters. The van der Waals surface area contributed by atoms with Gasteiger partial charge in [-0.2, -0.15) is 0 Å². The second-order valence-electron chi connectivity index (χ2n) is 7.78. The normalized spacial score (nSPS) is 13.7. The van der Waals surface area contributed by atoms with E-state index in [1.807, 2.05) is 49.3 Å². The van der Waals surface area contributed by atoms with Gasteiger partial charge in [0.15, 0.2) is 0 Å². The Morgan fingerprint density at radius 1 is 1.09 bits per heavy atom. The van der Waals surface area contributed by atoms with Crippen molar-refractivity contribution in [1.82, 2.24) is 4.90 Å². The average Bonchev–Trinajstić information content (AvgIpc) is 3.09. The maximum atomic E-state index is 12.3. The summed E-state index contributed by atoms with van der Waals surface area (Å²) in [6, 6.07) is 12.7. The van der Waals surface area contributed by atoms with E-state index < -0.39 is 5.97 Å². The van der Waals surface area contributed by atoms with Crippen LogP contribution in [0.3, 0.4) is 0 Å². The molecule has 168 valence electrons. The summed E-state index contributed by atoms with van der Waals surface area (Å²) < 4.78 is 4.72. The lowest BCUT2D eigenvalue weighted by Crippen LogP contribution is -2.34. The van der Waals surface area contributed by atoms with Gasteiger partial charge in [0.1, 0.15) is 0 Å². The number of rotatable bonds is 8. The van der Waals surface area contributed by atoms with Gasteiger partial charge in [0.05, 0.1) is 19.2 Å². The second-order valence-corrected chi connectivity index (χ2v) is 7.78. The van der Waals surface area contributed by atoms with E-state index in [0.29, 0.717) is 36.3 Å². The Morgan fingerprint density at radius 3 is 2.47 bits per heavy atom. The lowest BCUT2D eigenvalue weighted by molar-refractivity contribution is -0.119. The number of ether oxygens (including phenoxy) is 1. The fourth-order valence-electron chi connectivity index (χ4n) is 3.40. The van der Waals surface area contributed by atoms with Gasteiger partial charge in [-0.25, -0.2) is 4.79 Å². The van der Waals surface area contributed by atoms with Crippen molar-refractivity contribution in [2.24, 2.45) is 0 Å². The molecule has 0 fully saturated rings. The third kappa shape index (κ3) is 5.33. The highest BCUT2D eigenvalue weighted by molar-refractivity contribution is 6.31. The minimum Gasteiger partial charge on any atom is -0.465 e. The summed E-state index contributed by atoms with van der Waals surface area (Å²) in [4.78, 5) is 39.6. The van der Waals surface area contributed by atoms with Crippen LogP contribution in [0.2, 0.25) is 0 Å². The highest BCUT2D eigenvalue weighted by atomic mass is 16.5. The highest BCUT2D eigenvalue weighted by Crippen LogP contribution is 2.33. The molecule has 8 heteroatoms. The van der Waals surface area contributed by atoms with Crippen molar-refractivity contribution in [3.63, 3.8) is 0 Å². The number of benzene rings is 2. The SMILES string of the molecule is COC(=O)c1ccc2c(c1)NC(=O)/C2=C\CCNc1ccc(N(C)C(=O)CN(C)C)cc1. The quantitative estimate of drug-likeness (QED) is 0.376. The van der Waals surface area contributed by atoms with Crippen LogP contribution in [0.25, 0.3) is 5.57 Å². The Morgan fingerprint density at radius 2 is 1.81 bits per heavy atom. The van der Waals surface area contributed by atoms with Crippen LogP contribution in [0, 0.1) is 0 Å². The summed E-state index contributed by atoms with van der Waals surface area (Å²) in [6.07, 6.45) is 2.53. The molecule has 2 aromatic carbocycles. The molecule has 0 bridgehead atoms. The molecular weight excluding hydrogens is 408 g/mol. The number of nitrogens with zero attached hydrogens (tertiary/aromatic N) is 2. The molecule has 0 spiro atoms. The minimum absolute atomic E-state index is 0.0242. The third-order valence-corrected chi connectivity index (χ3v) is 5.13. The lowest BCUT2D eigenvalue weighted by atomic mass is 10.0. The monoisotopic (exact) mass is 436 g/mol. The number of hydrogen-bond donors (Lipinski definition) is 2. The first-order chi connectivity index (χ1) is 15.3. The summed E-state index contributed by atoms with van der Waals surface area (Å²) in [5.74, 6) is -0.601. The minimum atomic E-state index is -0.442. The zero-order valence-electron chi connectivity index (χ0n) is 18.8. The molecule has 0 radical (unpaired) electrons. The summed E-state index contributed by atoms with van der Waals surface area (Å²) >= 11 is 0. The lowest BCUT2D eigenvalue weighted by Gasteiger charge is -2.20. The number of fused-ring (bicyclic) bond motifs is 1. The van der Waals surface area contributed by atoms with Gasteiger partial charge >= 0.3 is 5.97 Å². The molecule has 2 N–H and O–H groups in total. The zero-order valence-corrected chi connectivity index (χ0v) is 18.8. The first kappa shape index (κ1) is 23.0. The average molecular weight is 437 g/mol. The maximum absolute atomic E-state index is 12.3. The molecule has 1 heterocycles. The second kappa shape index (κ2) is 10.1. The highest BCUT2D eigenvalue weighted by Gasteiger charge is 2.24. The van der Waals surface area contributed by atoms with Crippen LogP contribution < -0.4 is 15.5 Å². The van der Waals surface area contributed by atoms with E-state index in [1.54, 1.807) is 30.1 Å². The number of hydrogen-bond acceptors (Lipinski definition) is 6. The molecule has 0 atom stereocenters. The predicted molar refractivity (Wildman–Crippen MR) is 126 cm³/mol. The first-order valence-electron chi connectivity index (χ1n) is 10.3. The number of methoxy groups -OCH3 is 1. The molecule has 8 nitrogen and oxygen atoms in total. The molecule has 2 aromatic rings. The summed E-state index contributed by atoms with van der Waals surface area (Å²) in [5, 5.41) is 6.11. The molecular formula is C24H28N4O4. The number of carbonyl (C=O) groups is 3. The van der Waals surface area contributed by atoms with Crippen LogP contribution in [0.15, 0.2) is 48.5 Å². The van der Waals surface area contributed by atoms with Gasteiger partial charge in [-0.3, -0.25) is 9.59 Å². The summed E-state index contributed by atoms with van der Waals surface area (Å²) in [6.45, 7) is 0.993. The smallest absolute Gasteiger partial charge is 0.337 e. The van der Waals surface area contributed by atoms with Crippen LogP contribution in [0.5, 0.6) is 0 Å². The van der Waals surface area contributed by atoms with E-state index in [2.05, 4.69) is 10.6 Å². The molecule has 0 saturated carbocycles. The van der Waals surface area contributed by atoms with Crippen molar-refractivity contribution in [1.29, 1.82) is 0 Å². The van der Waals surface area contributed by atoms with Crippen LogP contribution in [-0.2, 0) is 14.3 Å². The Balaban J connectivity index is 1.57. The van der Waals surface area contributed by atoms with Gasteiger partial charge in [0.2, 0.25) is 5.91 Å². The number of amides is 2. The Kier molecular flexibility index (Phi) is 7.27. The van der Waals surface area contributed by atoms with Crippen LogP contribution in [0.1, 0.15) is 22.3 Å². The Labute approximate surface area is 187 Å². The predicted octanol–water partition coefficient (Wildman–Crippen LogP) is 2.84.